The molecule has 0 saturated carbocycles. The summed E-state index contributed by atoms with van der Waals surface area (Å²) >= 11 is 0. The average molecular weight is 285 g/mol. The van der Waals surface area contributed by atoms with Gasteiger partial charge in [0.1, 0.15) is 5.82 Å². The second-order valence-corrected chi connectivity index (χ2v) is 5.66. The summed E-state index contributed by atoms with van der Waals surface area (Å²) in [6.45, 7) is 8.64. The van der Waals surface area contributed by atoms with Crippen molar-refractivity contribution < 1.29 is 0 Å². The number of hydrogen-bond acceptors (Lipinski definition) is 2. The number of imidazole rings is 1. The third-order valence-corrected chi connectivity index (χ3v) is 3.74. The second-order valence-electron chi connectivity index (χ2n) is 5.66. The molecule has 1 atom stereocenters. The summed E-state index contributed by atoms with van der Waals surface area (Å²) in [4.78, 5) is 4.55. The maximum Gasteiger partial charge on any atom is 0.110 e. The van der Waals surface area contributed by atoms with Crippen LogP contribution in [0, 0.1) is 6.92 Å². The van der Waals surface area contributed by atoms with E-state index >= 15 is 0 Å². The fourth-order valence-corrected chi connectivity index (χ4v) is 2.67. The molecule has 0 bridgehead atoms. The van der Waals surface area contributed by atoms with Crippen molar-refractivity contribution in [3.63, 3.8) is 0 Å². The quantitative estimate of drug-likeness (QED) is 0.797. The van der Waals surface area contributed by atoms with Gasteiger partial charge in [-0.25, -0.2) is 4.98 Å². The van der Waals surface area contributed by atoms with Crippen LogP contribution in [0.2, 0.25) is 0 Å². The number of benzene rings is 1. The van der Waals surface area contributed by atoms with E-state index in [2.05, 4.69) is 66.1 Å². The lowest BCUT2D eigenvalue weighted by atomic mass is 10.0. The Balaban J connectivity index is 2.17. The molecular formula is C18H27N3. The Bertz CT molecular complexity index is 545. The molecule has 1 aromatic heterocycles. The van der Waals surface area contributed by atoms with Crippen LogP contribution in [0.15, 0.2) is 36.7 Å². The van der Waals surface area contributed by atoms with Gasteiger partial charge in [-0.3, -0.25) is 0 Å². The summed E-state index contributed by atoms with van der Waals surface area (Å²) in [6, 6.07) is 9.12. The van der Waals surface area contributed by atoms with E-state index in [1.807, 2.05) is 6.20 Å². The lowest BCUT2D eigenvalue weighted by Gasteiger charge is -2.20. The smallest absolute Gasteiger partial charge is 0.110 e. The molecule has 0 spiro atoms. The third-order valence-electron chi connectivity index (χ3n) is 3.74. The first-order valence-corrected chi connectivity index (χ1v) is 8.04. The summed E-state index contributed by atoms with van der Waals surface area (Å²) < 4.78 is 2.27. The Morgan fingerprint density at radius 1 is 1.24 bits per heavy atom. The van der Waals surface area contributed by atoms with Crippen molar-refractivity contribution >= 4 is 0 Å². The third kappa shape index (κ3) is 4.43. The lowest BCUT2D eigenvalue weighted by molar-refractivity contribution is 0.502. The maximum atomic E-state index is 4.55. The van der Waals surface area contributed by atoms with Crippen molar-refractivity contribution in [1.82, 2.24) is 14.9 Å². The normalized spacial score (nSPS) is 12.5. The molecule has 3 heteroatoms. The molecule has 0 aliphatic rings. The minimum Gasteiger partial charge on any atom is -0.335 e. The maximum absolute atomic E-state index is 4.55. The van der Waals surface area contributed by atoms with Crippen molar-refractivity contribution in [2.24, 2.45) is 0 Å². The lowest BCUT2D eigenvalue weighted by Crippen LogP contribution is -2.25. The van der Waals surface area contributed by atoms with E-state index in [0.717, 1.165) is 32.4 Å². The average Bonchev–Trinajstić information content (AvgIpc) is 2.91. The van der Waals surface area contributed by atoms with E-state index in [4.69, 9.17) is 0 Å². The van der Waals surface area contributed by atoms with Crippen LogP contribution in [0.1, 0.15) is 49.7 Å². The van der Waals surface area contributed by atoms with Gasteiger partial charge in [0.15, 0.2) is 0 Å². The predicted octanol–water partition coefficient (Wildman–Crippen LogP) is 3.88. The van der Waals surface area contributed by atoms with Gasteiger partial charge in [0.2, 0.25) is 0 Å². The number of hydrogen-bond donors (Lipinski definition) is 1. The van der Waals surface area contributed by atoms with Crippen molar-refractivity contribution in [2.45, 2.75) is 52.6 Å². The molecule has 2 aromatic rings. The SMILES string of the molecule is CCCNC(Cc1nccn1CCC)c1cccc(C)c1. The summed E-state index contributed by atoms with van der Waals surface area (Å²) in [7, 11) is 0. The summed E-state index contributed by atoms with van der Waals surface area (Å²) in [5, 5.41) is 3.67. The van der Waals surface area contributed by atoms with Crippen LogP contribution in [0.25, 0.3) is 0 Å². The number of aromatic nitrogens is 2. The molecule has 1 unspecified atom stereocenters. The highest BCUT2D eigenvalue weighted by molar-refractivity contribution is 5.26. The molecule has 21 heavy (non-hydrogen) atoms. The van der Waals surface area contributed by atoms with Gasteiger partial charge < -0.3 is 9.88 Å². The van der Waals surface area contributed by atoms with Crippen molar-refractivity contribution in [2.75, 3.05) is 6.54 Å². The number of aryl methyl sites for hydroxylation is 2. The minimum atomic E-state index is 0.336. The zero-order valence-corrected chi connectivity index (χ0v) is 13.5. The summed E-state index contributed by atoms with van der Waals surface area (Å²) in [5.41, 5.74) is 2.67. The highest BCUT2D eigenvalue weighted by Gasteiger charge is 2.14. The molecular weight excluding hydrogens is 258 g/mol. The van der Waals surface area contributed by atoms with Gasteiger partial charge >= 0.3 is 0 Å². The monoisotopic (exact) mass is 285 g/mol. The molecule has 0 aliphatic carbocycles. The van der Waals surface area contributed by atoms with E-state index in [-0.39, 0.29) is 0 Å². The van der Waals surface area contributed by atoms with Gasteiger partial charge in [0, 0.05) is 31.4 Å². The molecule has 1 N–H and O–H groups in total. The van der Waals surface area contributed by atoms with Crippen LogP contribution in [0.4, 0.5) is 0 Å². The Morgan fingerprint density at radius 2 is 2.10 bits per heavy atom. The van der Waals surface area contributed by atoms with E-state index < -0.39 is 0 Å². The predicted molar refractivity (Wildman–Crippen MR) is 88.4 cm³/mol. The molecule has 0 amide bonds. The zero-order chi connectivity index (χ0) is 15.1. The highest BCUT2D eigenvalue weighted by Crippen LogP contribution is 2.19. The topological polar surface area (TPSA) is 29.9 Å². The van der Waals surface area contributed by atoms with E-state index in [0.29, 0.717) is 6.04 Å². The van der Waals surface area contributed by atoms with Crippen molar-refractivity contribution in [3.8, 4) is 0 Å². The van der Waals surface area contributed by atoms with Gasteiger partial charge in [-0.1, -0.05) is 43.7 Å². The fourth-order valence-electron chi connectivity index (χ4n) is 2.67. The van der Waals surface area contributed by atoms with Gasteiger partial charge in [0.05, 0.1) is 0 Å². The Kier molecular flexibility index (Phi) is 6.00. The van der Waals surface area contributed by atoms with Gasteiger partial charge in [-0.05, 0) is 31.9 Å². The minimum absolute atomic E-state index is 0.336. The van der Waals surface area contributed by atoms with Crippen LogP contribution in [0.5, 0.6) is 0 Å². The molecule has 0 aliphatic heterocycles. The number of nitrogens with zero attached hydrogens (tertiary/aromatic N) is 2. The molecule has 2 rings (SSSR count). The van der Waals surface area contributed by atoms with Crippen LogP contribution in [0.3, 0.4) is 0 Å². The Morgan fingerprint density at radius 3 is 2.81 bits per heavy atom. The van der Waals surface area contributed by atoms with Crippen LogP contribution < -0.4 is 5.32 Å². The molecule has 114 valence electrons. The first-order chi connectivity index (χ1) is 10.2. The van der Waals surface area contributed by atoms with Gasteiger partial charge in [-0.2, -0.15) is 0 Å². The van der Waals surface area contributed by atoms with Crippen LogP contribution >= 0.6 is 0 Å². The van der Waals surface area contributed by atoms with Crippen LogP contribution in [-0.4, -0.2) is 16.1 Å². The van der Waals surface area contributed by atoms with Crippen molar-refractivity contribution in [3.05, 3.63) is 53.6 Å². The van der Waals surface area contributed by atoms with E-state index in [1.165, 1.54) is 17.0 Å². The first kappa shape index (κ1) is 15.8. The Labute approximate surface area is 128 Å². The standard InChI is InChI=1S/C18H27N3/c1-4-9-19-17(16-8-6-7-15(3)13-16)14-18-20-10-12-21(18)11-5-2/h6-8,10,12-13,17,19H,4-5,9,11,14H2,1-3H3. The Hall–Kier alpha value is -1.61. The zero-order valence-electron chi connectivity index (χ0n) is 13.5. The summed E-state index contributed by atoms with van der Waals surface area (Å²) in [6.07, 6.45) is 7.23. The second kappa shape index (κ2) is 7.99. The fraction of sp³-hybridized carbons (Fsp3) is 0.500. The molecule has 1 heterocycles. The number of nitrogens with one attached hydrogen (secondary N) is 1. The molecule has 3 nitrogen and oxygen atoms in total. The molecule has 1 aromatic carbocycles. The van der Waals surface area contributed by atoms with Gasteiger partial charge in [0.25, 0.3) is 0 Å². The molecule has 0 fully saturated rings. The van der Waals surface area contributed by atoms with E-state index in [1.54, 1.807) is 0 Å². The van der Waals surface area contributed by atoms with Crippen molar-refractivity contribution in [1.29, 1.82) is 0 Å². The molecule has 0 saturated heterocycles. The number of rotatable bonds is 8. The highest BCUT2D eigenvalue weighted by atomic mass is 15.1. The molecule has 0 radical (unpaired) electrons. The summed E-state index contributed by atoms with van der Waals surface area (Å²) in [5.74, 6) is 1.17. The van der Waals surface area contributed by atoms with Crippen LogP contribution in [-0.2, 0) is 13.0 Å². The largest absolute Gasteiger partial charge is 0.335 e. The first-order valence-electron chi connectivity index (χ1n) is 8.04. The van der Waals surface area contributed by atoms with E-state index in [9.17, 15) is 0 Å². The van der Waals surface area contributed by atoms with Gasteiger partial charge in [-0.15, -0.1) is 0 Å².